The molecule has 0 heterocycles. The molecular weight excluding hydrogens is 196 g/mol. The number of hydrogen-bond acceptors (Lipinski definition) is 2. The minimum absolute atomic E-state index is 0.0883. The molecule has 0 aliphatic rings. The van der Waals surface area contributed by atoms with E-state index < -0.39 is 5.97 Å². The fourth-order valence-corrected chi connectivity index (χ4v) is 1.38. The van der Waals surface area contributed by atoms with Crippen LogP contribution < -0.4 is 0 Å². The first-order chi connectivity index (χ1) is 6.93. The SMILES string of the molecule is CCN(CC(=O)O)C(=O)N(CC)C(C)C. The van der Waals surface area contributed by atoms with Gasteiger partial charge in [0.05, 0.1) is 0 Å². The number of carbonyl (C=O) groups excluding carboxylic acids is 1. The lowest BCUT2D eigenvalue weighted by Crippen LogP contribution is -2.47. The fraction of sp³-hybridized carbons (Fsp3) is 0.800. The van der Waals surface area contributed by atoms with E-state index in [4.69, 9.17) is 5.11 Å². The van der Waals surface area contributed by atoms with Gasteiger partial charge in [-0.15, -0.1) is 0 Å². The van der Waals surface area contributed by atoms with Crippen molar-refractivity contribution in [2.45, 2.75) is 33.7 Å². The monoisotopic (exact) mass is 216 g/mol. The standard InChI is InChI=1S/C10H20N2O3/c1-5-11(7-9(13)14)10(15)12(6-2)8(3)4/h8H,5-7H2,1-4H3,(H,13,14). The first kappa shape index (κ1) is 13.7. The summed E-state index contributed by atoms with van der Waals surface area (Å²) in [5, 5.41) is 8.64. The highest BCUT2D eigenvalue weighted by atomic mass is 16.4. The van der Waals surface area contributed by atoms with Crippen LogP contribution in [0, 0.1) is 0 Å². The Morgan fingerprint density at radius 3 is 2.00 bits per heavy atom. The first-order valence-corrected chi connectivity index (χ1v) is 5.21. The molecule has 0 atom stereocenters. The second-order valence-electron chi connectivity index (χ2n) is 3.57. The summed E-state index contributed by atoms with van der Waals surface area (Å²) in [5.74, 6) is -0.981. The van der Waals surface area contributed by atoms with Crippen molar-refractivity contribution in [1.29, 1.82) is 0 Å². The highest BCUT2D eigenvalue weighted by Gasteiger charge is 2.22. The number of likely N-dealkylation sites (N-methyl/N-ethyl adjacent to an activating group) is 1. The molecule has 0 unspecified atom stereocenters. The summed E-state index contributed by atoms with van der Waals surface area (Å²) in [6, 6.07) is -0.122. The van der Waals surface area contributed by atoms with Crippen molar-refractivity contribution >= 4 is 12.0 Å². The largest absolute Gasteiger partial charge is 0.480 e. The molecule has 0 aliphatic carbocycles. The van der Waals surface area contributed by atoms with Gasteiger partial charge in [-0.25, -0.2) is 4.79 Å². The van der Waals surface area contributed by atoms with Crippen LogP contribution in [-0.2, 0) is 4.79 Å². The molecule has 0 fully saturated rings. The molecule has 0 spiro atoms. The number of hydrogen-bond donors (Lipinski definition) is 1. The van der Waals surface area contributed by atoms with Gasteiger partial charge in [0.1, 0.15) is 6.54 Å². The van der Waals surface area contributed by atoms with Gasteiger partial charge in [0.25, 0.3) is 0 Å². The van der Waals surface area contributed by atoms with E-state index in [0.29, 0.717) is 13.1 Å². The Morgan fingerprint density at radius 1 is 1.20 bits per heavy atom. The molecule has 5 heteroatoms. The van der Waals surface area contributed by atoms with Crippen molar-refractivity contribution in [2.24, 2.45) is 0 Å². The van der Waals surface area contributed by atoms with E-state index >= 15 is 0 Å². The maximum Gasteiger partial charge on any atom is 0.323 e. The minimum Gasteiger partial charge on any atom is -0.480 e. The lowest BCUT2D eigenvalue weighted by Gasteiger charge is -2.31. The Morgan fingerprint density at radius 2 is 1.73 bits per heavy atom. The Labute approximate surface area is 90.7 Å². The molecular formula is C10H20N2O3. The second kappa shape index (κ2) is 6.27. The normalized spacial score (nSPS) is 10.2. The first-order valence-electron chi connectivity index (χ1n) is 5.21. The predicted molar refractivity (Wildman–Crippen MR) is 57.8 cm³/mol. The summed E-state index contributed by atoms with van der Waals surface area (Å²) in [4.78, 5) is 25.4. The number of aliphatic carboxylic acids is 1. The zero-order valence-electron chi connectivity index (χ0n) is 9.86. The number of amides is 2. The van der Waals surface area contributed by atoms with Gasteiger partial charge in [-0.1, -0.05) is 0 Å². The van der Waals surface area contributed by atoms with Crippen LogP contribution in [0.25, 0.3) is 0 Å². The van der Waals surface area contributed by atoms with Crippen molar-refractivity contribution in [3.05, 3.63) is 0 Å². The quantitative estimate of drug-likeness (QED) is 0.752. The molecule has 0 saturated carbocycles. The van der Waals surface area contributed by atoms with E-state index in [2.05, 4.69) is 0 Å². The molecule has 1 N–H and O–H groups in total. The molecule has 0 radical (unpaired) electrons. The van der Waals surface area contributed by atoms with Crippen LogP contribution in [-0.4, -0.2) is 52.6 Å². The lowest BCUT2D eigenvalue weighted by molar-refractivity contribution is -0.137. The van der Waals surface area contributed by atoms with E-state index in [-0.39, 0.29) is 18.6 Å². The second-order valence-corrected chi connectivity index (χ2v) is 3.57. The predicted octanol–water partition coefficient (Wildman–Crippen LogP) is 1.24. The van der Waals surface area contributed by atoms with Gasteiger partial charge in [-0.3, -0.25) is 4.79 Å². The molecule has 0 rings (SSSR count). The topological polar surface area (TPSA) is 60.9 Å². The number of carbonyl (C=O) groups is 2. The van der Waals surface area contributed by atoms with Crippen LogP contribution >= 0.6 is 0 Å². The number of urea groups is 1. The summed E-state index contributed by atoms with van der Waals surface area (Å²) in [5.41, 5.74) is 0. The zero-order valence-corrected chi connectivity index (χ0v) is 9.86. The summed E-state index contributed by atoms with van der Waals surface area (Å²) in [6.45, 7) is 8.24. The number of nitrogens with zero attached hydrogens (tertiary/aromatic N) is 2. The van der Waals surface area contributed by atoms with Crippen molar-refractivity contribution in [3.8, 4) is 0 Å². The van der Waals surface area contributed by atoms with Gasteiger partial charge in [0, 0.05) is 19.1 Å². The Kier molecular flexibility index (Phi) is 5.74. The summed E-state index contributed by atoms with van der Waals surface area (Å²) < 4.78 is 0. The molecule has 88 valence electrons. The van der Waals surface area contributed by atoms with E-state index in [9.17, 15) is 9.59 Å². The van der Waals surface area contributed by atoms with E-state index in [1.807, 2.05) is 20.8 Å². The molecule has 0 saturated heterocycles. The highest BCUT2D eigenvalue weighted by molar-refractivity contribution is 5.80. The maximum atomic E-state index is 11.9. The molecule has 0 aliphatic heterocycles. The fourth-order valence-electron chi connectivity index (χ4n) is 1.38. The smallest absolute Gasteiger partial charge is 0.323 e. The highest BCUT2D eigenvalue weighted by Crippen LogP contribution is 2.04. The molecule has 0 bridgehead atoms. The molecule has 2 amide bonds. The van der Waals surface area contributed by atoms with E-state index in [1.165, 1.54) is 4.90 Å². The van der Waals surface area contributed by atoms with Crippen LogP contribution in [0.4, 0.5) is 4.79 Å². The summed E-state index contributed by atoms with van der Waals surface area (Å²) >= 11 is 0. The molecule has 0 aromatic rings. The van der Waals surface area contributed by atoms with Crippen LogP contribution in [0.3, 0.4) is 0 Å². The number of carboxylic acids is 1. The van der Waals surface area contributed by atoms with Crippen molar-refractivity contribution in [3.63, 3.8) is 0 Å². The third-order valence-electron chi connectivity index (χ3n) is 2.19. The van der Waals surface area contributed by atoms with Gasteiger partial charge in [0.2, 0.25) is 0 Å². The maximum absolute atomic E-state index is 11.9. The van der Waals surface area contributed by atoms with Gasteiger partial charge in [-0.05, 0) is 27.7 Å². The average molecular weight is 216 g/mol. The van der Waals surface area contributed by atoms with Crippen molar-refractivity contribution in [2.75, 3.05) is 19.6 Å². The van der Waals surface area contributed by atoms with Gasteiger partial charge in [0.15, 0.2) is 0 Å². The van der Waals surface area contributed by atoms with Gasteiger partial charge < -0.3 is 14.9 Å². The van der Waals surface area contributed by atoms with Crippen LogP contribution in [0.5, 0.6) is 0 Å². The van der Waals surface area contributed by atoms with E-state index in [1.54, 1.807) is 11.8 Å². The average Bonchev–Trinajstić information content (AvgIpc) is 2.14. The molecule has 15 heavy (non-hydrogen) atoms. The third kappa shape index (κ3) is 4.18. The Bertz CT molecular complexity index is 229. The zero-order chi connectivity index (χ0) is 12.0. The van der Waals surface area contributed by atoms with Gasteiger partial charge >= 0.3 is 12.0 Å². The number of rotatable bonds is 5. The van der Waals surface area contributed by atoms with Crippen LogP contribution in [0.15, 0.2) is 0 Å². The van der Waals surface area contributed by atoms with Crippen molar-refractivity contribution in [1.82, 2.24) is 9.80 Å². The van der Waals surface area contributed by atoms with Crippen LogP contribution in [0.2, 0.25) is 0 Å². The summed E-state index contributed by atoms with van der Waals surface area (Å²) in [7, 11) is 0. The minimum atomic E-state index is -0.981. The van der Waals surface area contributed by atoms with Crippen molar-refractivity contribution < 1.29 is 14.7 Å². The van der Waals surface area contributed by atoms with Crippen LogP contribution in [0.1, 0.15) is 27.7 Å². The molecule has 5 nitrogen and oxygen atoms in total. The lowest BCUT2D eigenvalue weighted by atomic mass is 10.3. The molecule has 0 aromatic heterocycles. The molecule has 0 aromatic carbocycles. The van der Waals surface area contributed by atoms with Gasteiger partial charge in [-0.2, -0.15) is 0 Å². The number of carboxylic acid groups (broad SMARTS) is 1. The van der Waals surface area contributed by atoms with E-state index in [0.717, 1.165) is 0 Å². The third-order valence-corrected chi connectivity index (χ3v) is 2.19. The Hall–Kier alpha value is -1.26. The summed E-state index contributed by atoms with van der Waals surface area (Å²) in [6.07, 6.45) is 0. The Balaban J connectivity index is 4.54.